The molecule has 0 aromatic carbocycles. The number of fused-ring (bicyclic) bond motifs is 1. The van der Waals surface area contributed by atoms with Crippen LogP contribution in [0, 0.1) is 0 Å². The van der Waals surface area contributed by atoms with Crippen molar-refractivity contribution in [1.29, 1.82) is 0 Å². The minimum absolute atomic E-state index is 0.245. The molecule has 2 aliphatic rings. The van der Waals surface area contributed by atoms with Crippen molar-refractivity contribution in [2.75, 3.05) is 33.7 Å². The van der Waals surface area contributed by atoms with Crippen molar-refractivity contribution in [3.63, 3.8) is 0 Å². The van der Waals surface area contributed by atoms with Gasteiger partial charge in [-0.1, -0.05) is 0 Å². The molecule has 0 N–H and O–H groups in total. The third-order valence-corrected chi connectivity index (χ3v) is 7.21. The first kappa shape index (κ1) is 19.6. The van der Waals surface area contributed by atoms with E-state index < -0.39 is 0 Å². The van der Waals surface area contributed by atoms with Crippen LogP contribution in [0.25, 0.3) is 0 Å². The topological polar surface area (TPSA) is 41.4 Å². The van der Waals surface area contributed by atoms with Crippen molar-refractivity contribution >= 4 is 17.2 Å². The molecule has 6 heteroatoms. The van der Waals surface area contributed by atoms with E-state index in [0.717, 1.165) is 69.7 Å². The van der Waals surface area contributed by atoms with Gasteiger partial charge in [0.15, 0.2) is 0 Å². The van der Waals surface area contributed by atoms with E-state index in [9.17, 15) is 4.79 Å². The van der Waals surface area contributed by atoms with Gasteiger partial charge in [0.25, 0.3) is 5.91 Å². The van der Waals surface area contributed by atoms with E-state index >= 15 is 0 Å². The van der Waals surface area contributed by atoms with Gasteiger partial charge in [-0.3, -0.25) is 4.79 Å². The highest BCUT2D eigenvalue weighted by molar-refractivity contribution is 7.10. The fourth-order valence-corrected chi connectivity index (χ4v) is 5.76. The predicted octanol–water partition coefficient (Wildman–Crippen LogP) is 3.79. The van der Waals surface area contributed by atoms with Crippen molar-refractivity contribution < 1.29 is 4.79 Å². The number of nitrogens with zero attached hydrogens (tertiary/aromatic N) is 4. The summed E-state index contributed by atoms with van der Waals surface area (Å²) in [6.45, 7) is 3.75. The SMILES string of the molecule is CN(C)CCCn1ccnc1[C@H]1CCCN(C(=O)c2csc3c2CCCC3)C1. The van der Waals surface area contributed by atoms with E-state index in [1.54, 1.807) is 11.3 Å². The highest BCUT2D eigenvalue weighted by atomic mass is 32.1. The molecule has 4 rings (SSSR count). The van der Waals surface area contributed by atoms with E-state index in [1.807, 2.05) is 6.20 Å². The van der Waals surface area contributed by atoms with E-state index in [-0.39, 0.29) is 5.91 Å². The van der Waals surface area contributed by atoms with Gasteiger partial charge in [-0.05, 0) is 71.1 Å². The maximum Gasteiger partial charge on any atom is 0.255 e. The zero-order chi connectivity index (χ0) is 19.5. The number of imidazole rings is 1. The van der Waals surface area contributed by atoms with Crippen LogP contribution >= 0.6 is 11.3 Å². The van der Waals surface area contributed by atoms with Crippen LogP contribution in [-0.4, -0.2) is 59.0 Å². The molecule has 1 aliphatic heterocycles. The summed E-state index contributed by atoms with van der Waals surface area (Å²) in [7, 11) is 4.23. The first-order chi connectivity index (χ1) is 13.6. The molecule has 0 unspecified atom stereocenters. The van der Waals surface area contributed by atoms with Crippen molar-refractivity contribution in [3.05, 3.63) is 39.6 Å². The number of carbonyl (C=O) groups is 1. The Labute approximate surface area is 172 Å². The molecule has 28 heavy (non-hydrogen) atoms. The van der Waals surface area contributed by atoms with E-state index in [2.05, 4.69) is 45.0 Å². The number of piperidine rings is 1. The highest BCUT2D eigenvalue weighted by Crippen LogP contribution is 2.33. The lowest BCUT2D eigenvalue weighted by molar-refractivity contribution is 0.0702. The summed E-state index contributed by atoms with van der Waals surface area (Å²) in [5.41, 5.74) is 2.32. The molecule has 3 heterocycles. The highest BCUT2D eigenvalue weighted by Gasteiger charge is 2.30. The van der Waals surface area contributed by atoms with Gasteiger partial charge < -0.3 is 14.4 Å². The molecule has 0 saturated carbocycles. The molecule has 1 fully saturated rings. The maximum atomic E-state index is 13.3. The van der Waals surface area contributed by atoms with Crippen LogP contribution in [0.4, 0.5) is 0 Å². The number of hydrogen-bond acceptors (Lipinski definition) is 4. The fraction of sp³-hybridized carbons (Fsp3) is 0.636. The first-order valence-corrected chi connectivity index (χ1v) is 11.6. The minimum atomic E-state index is 0.245. The molecule has 1 aliphatic carbocycles. The lowest BCUT2D eigenvalue weighted by Gasteiger charge is -2.33. The molecule has 0 bridgehead atoms. The van der Waals surface area contributed by atoms with Crippen molar-refractivity contribution in [2.45, 2.75) is 57.4 Å². The summed E-state index contributed by atoms with van der Waals surface area (Å²) in [5.74, 6) is 1.75. The lowest BCUT2D eigenvalue weighted by atomic mass is 9.93. The van der Waals surface area contributed by atoms with Gasteiger partial charge in [-0.25, -0.2) is 4.98 Å². The third-order valence-electron chi connectivity index (χ3n) is 6.12. The Bertz CT molecular complexity index is 809. The summed E-state index contributed by atoms with van der Waals surface area (Å²) in [6.07, 6.45) is 12.0. The summed E-state index contributed by atoms with van der Waals surface area (Å²) in [4.78, 5) is 23.7. The zero-order valence-electron chi connectivity index (χ0n) is 17.2. The Morgan fingerprint density at radius 2 is 2.14 bits per heavy atom. The van der Waals surface area contributed by atoms with Crippen LogP contribution < -0.4 is 0 Å². The number of hydrogen-bond donors (Lipinski definition) is 0. The molecule has 0 spiro atoms. The molecular formula is C22H32N4OS. The van der Waals surface area contributed by atoms with Gasteiger partial charge in [0.05, 0.1) is 5.56 Å². The predicted molar refractivity (Wildman–Crippen MR) is 114 cm³/mol. The zero-order valence-corrected chi connectivity index (χ0v) is 18.0. The number of aryl methyl sites for hydroxylation is 2. The Hall–Kier alpha value is -1.66. The molecule has 1 atom stereocenters. The van der Waals surface area contributed by atoms with E-state index in [1.165, 1.54) is 23.3 Å². The van der Waals surface area contributed by atoms with Gasteiger partial charge in [-0.2, -0.15) is 0 Å². The van der Waals surface area contributed by atoms with E-state index in [4.69, 9.17) is 0 Å². The third kappa shape index (κ3) is 4.18. The van der Waals surface area contributed by atoms with E-state index in [0.29, 0.717) is 5.92 Å². The number of likely N-dealkylation sites (tertiary alicyclic amines) is 1. The number of carbonyl (C=O) groups excluding carboxylic acids is 1. The lowest BCUT2D eigenvalue weighted by Crippen LogP contribution is -2.40. The van der Waals surface area contributed by atoms with Gasteiger partial charge in [0, 0.05) is 48.2 Å². The van der Waals surface area contributed by atoms with Crippen LogP contribution in [0.2, 0.25) is 0 Å². The number of amides is 1. The average Bonchev–Trinajstić information content (AvgIpc) is 3.34. The smallest absolute Gasteiger partial charge is 0.255 e. The standard InChI is InChI=1S/C22H32N4OS/c1-24(2)11-6-13-25-14-10-23-21(25)17-7-5-12-26(15-17)22(27)19-16-28-20-9-4-3-8-18(19)20/h10,14,16-17H,3-9,11-13,15H2,1-2H3/t17-/m0/s1. The second-order valence-corrected chi connectivity index (χ2v) is 9.45. The number of thiophene rings is 1. The second kappa shape index (κ2) is 8.78. The van der Waals surface area contributed by atoms with Gasteiger partial charge in [0.2, 0.25) is 0 Å². The number of rotatable bonds is 6. The van der Waals surface area contributed by atoms with Crippen LogP contribution in [-0.2, 0) is 19.4 Å². The Morgan fingerprint density at radius 3 is 3.00 bits per heavy atom. The maximum absolute atomic E-state index is 13.3. The normalized spacial score (nSPS) is 19.8. The van der Waals surface area contributed by atoms with Gasteiger partial charge in [0.1, 0.15) is 5.82 Å². The molecule has 2 aromatic rings. The summed E-state index contributed by atoms with van der Waals surface area (Å²) < 4.78 is 2.30. The molecule has 5 nitrogen and oxygen atoms in total. The molecule has 152 valence electrons. The van der Waals surface area contributed by atoms with Crippen molar-refractivity contribution in [1.82, 2.24) is 19.4 Å². The Kier molecular flexibility index (Phi) is 6.16. The summed E-state index contributed by atoms with van der Waals surface area (Å²) in [5, 5.41) is 2.12. The average molecular weight is 401 g/mol. The molecule has 0 radical (unpaired) electrons. The van der Waals surface area contributed by atoms with Gasteiger partial charge >= 0.3 is 0 Å². The largest absolute Gasteiger partial charge is 0.338 e. The molecule has 1 amide bonds. The first-order valence-electron chi connectivity index (χ1n) is 10.7. The van der Waals surface area contributed by atoms with Gasteiger partial charge in [-0.15, -0.1) is 11.3 Å². The fourth-order valence-electron chi connectivity index (χ4n) is 4.64. The molecular weight excluding hydrogens is 368 g/mol. The summed E-state index contributed by atoms with van der Waals surface area (Å²) in [6, 6.07) is 0. The quantitative estimate of drug-likeness (QED) is 0.741. The second-order valence-electron chi connectivity index (χ2n) is 8.48. The van der Waals surface area contributed by atoms with Crippen molar-refractivity contribution in [3.8, 4) is 0 Å². The summed E-state index contributed by atoms with van der Waals surface area (Å²) >= 11 is 1.79. The minimum Gasteiger partial charge on any atom is -0.338 e. The molecule has 2 aromatic heterocycles. The Morgan fingerprint density at radius 1 is 1.29 bits per heavy atom. The monoisotopic (exact) mass is 400 g/mol. The Balaban J connectivity index is 1.44. The number of aromatic nitrogens is 2. The van der Waals surface area contributed by atoms with Crippen LogP contribution in [0.5, 0.6) is 0 Å². The van der Waals surface area contributed by atoms with Crippen LogP contribution in [0.3, 0.4) is 0 Å². The van der Waals surface area contributed by atoms with Crippen LogP contribution in [0.1, 0.15) is 64.6 Å². The molecule has 1 saturated heterocycles. The van der Waals surface area contributed by atoms with Crippen LogP contribution in [0.15, 0.2) is 17.8 Å². The van der Waals surface area contributed by atoms with Crippen molar-refractivity contribution in [2.24, 2.45) is 0 Å².